The zero-order valence-electron chi connectivity index (χ0n) is 8.70. The van der Waals surface area contributed by atoms with Crippen molar-refractivity contribution < 1.29 is 14.3 Å². The lowest BCUT2D eigenvalue weighted by atomic mass is 10.3. The summed E-state index contributed by atoms with van der Waals surface area (Å²) in [7, 11) is 1.35. The van der Waals surface area contributed by atoms with Gasteiger partial charge < -0.3 is 9.47 Å². The Morgan fingerprint density at radius 2 is 2.13 bits per heavy atom. The molecular formula is C11H13ClO3. The summed E-state index contributed by atoms with van der Waals surface area (Å²) in [4.78, 5) is 11.0. The van der Waals surface area contributed by atoms with E-state index in [4.69, 9.17) is 16.3 Å². The van der Waals surface area contributed by atoms with Crippen molar-refractivity contribution in [3.63, 3.8) is 0 Å². The molecule has 0 aliphatic heterocycles. The van der Waals surface area contributed by atoms with Crippen LogP contribution >= 0.6 is 11.6 Å². The van der Waals surface area contributed by atoms with Gasteiger partial charge in [0.15, 0.2) is 0 Å². The van der Waals surface area contributed by atoms with Crippen LogP contribution in [0.5, 0.6) is 5.75 Å². The zero-order chi connectivity index (χ0) is 11.3. The number of carbonyl (C=O) groups excluding carboxylic acids is 1. The molecule has 0 heterocycles. The number of ether oxygens (including phenoxy) is 2. The number of hydrogen-bond donors (Lipinski definition) is 0. The second-order valence-corrected chi connectivity index (χ2v) is 3.55. The molecule has 0 aromatic heterocycles. The summed E-state index contributed by atoms with van der Waals surface area (Å²) in [5.74, 6) is 0.283. The fraction of sp³-hybridized carbons (Fsp3) is 0.364. The topological polar surface area (TPSA) is 35.5 Å². The van der Waals surface area contributed by atoms with Gasteiger partial charge in [-0.2, -0.15) is 0 Å². The van der Waals surface area contributed by atoms with E-state index in [1.807, 2.05) is 12.1 Å². The summed E-state index contributed by atoms with van der Waals surface area (Å²) in [5.41, 5.74) is 0. The Balaban J connectivity index is 2.55. The van der Waals surface area contributed by atoms with Crippen molar-refractivity contribution in [3.05, 3.63) is 29.3 Å². The Hall–Kier alpha value is -1.22. The molecule has 0 saturated heterocycles. The zero-order valence-corrected chi connectivity index (χ0v) is 9.45. The van der Waals surface area contributed by atoms with Crippen molar-refractivity contribution in [2.24, 2.45) is 0 Å². The molecule has 0 aliphatic carbocycles. The SMILES string of the molecule is COC(=O)CC(C)Oc1ccccc1Cl. The van der Waals surface area contributed by atoms with Gasteiger partial charge in [0.2, 0.25) is 0 Å². The third-order valence-corrected chi connectivity index (χ3v) is 2.16. The van der Waals surface area contributed by atoms with E-state index in [2.05, 4.69) is 4.74 Å². The first-order chi connectivity index (χ1) is 7.13. The van der Waals surface area contributed by atoms with Crippen molar-refractivity contribution >= 4 is 17.6 Å². The summed E-state index contributed by atoms with van der Waals surface area (Å²) < 4.78 is 10.0. The van der Waals surface area contributed by atoms with Gasteiger partial charge in [0.05, 0.1) is 18.6 Å². The molecular weight excluding hydrogens is 216 g/mol. The molecule has 1 atom stereocenters. The van der Waals surface area contributed by atoms with Gasteiger partial charge in [0.25, 0.3) is 0 Å². The van der Waals surface area contributed by atoms with Gasteiger partial charge in [0.1, 0.15) is 11.9 Å². The lowest BCUT2D eigenvalue weighted by Crippen LogP contribution is -2.18. The molecule has 1 rings (SSSR count). The van der Waals surface area contributed by atoms with Crippen LogP contribution in [0.15, 0.2) is 24.3 Å². The van der Waals surface area contributed by atoms with Crippen LogP contribution in [0.4, 0.5) is 0 Å². The fourth-order valence-corrected chi connectivity index (χ4v) is 1.30. The Morgan fingerprint density at radius 1 is 1.47 bits per heavy atom. The number of benzene rings is 1. The number of esters is 1. The van der Waals surface area contributed by atoms with Gasteiger partial charge in [-0.1, -0.05) is 23.7 Å². The molecule has 0 bridgehead atoms. The Labute approximate surface area is 93.9 Å². The standard InChI is InChI=1S/C11H13ClO3/c1-8(7-11(13)14-2)15-10-6-4-3-5-9(10)12/h3-6,8H,7H2,1-2H3. The van der Waals surface area contributed by atoms with Gasteiger partial charge in [-0.05, 0) is 19.1 Å². The maximum atomic E-state index is 11.0. The maximum absolute atomic E-state index is 11.0. The highest BCUT2D eigenvalue weighted by Gasteiger charge is 2.11. The molecule has 15 heavy (non-hydrogen) atoms. The molecule has 0 spiro atoms. The molecule has 0 aliphatic rings. The highest BCUT2D eigenvalue weighted by Crippen LogP contribution is 2.24. The Bertz CT molecular complexity index is 338. The fourth-order valence-electron chi connectivity index (χ4n) is 1.12. The molecule has 82 valence electrons. The van der Waals surface area contributed by atoms with E-state index < -0.39 is 0 Å². The summed E-state index contributed by atoms with van der Waals surface area (Å²) in [6.45, 7) is 1.79. The predicted molar refractivity (Wildman–Crippen MR) is 58.2 cm³/mol. The molecule has 1 aromatic carbocycles. The van der Waals surface area contributed by atoms with Crippen LogP contribution in [-0.4, -0.2) is 19.2 Å². The molecule has 0 fully saturated rings. The van der Waals surface area contributed by atoms with E-state index >= 15 is 0 Å². The maximum Gasteiger partial charge on any atom is 0.309 e. The quantitative estimate of drug-likeness (QED) is 0.744. The average molecular weight is 229 g/mol. The van der Waals surface area contributed by atoms with Crippen LogP contribution in [0.1, 0.15) is 13.3 Å². The third kappa shape index (κ3) is 3.80. The lowest BCUT2D eigenvalue weighted by molar-refractivity contribution is -0.142. The molecule has 0 radical (unpaired) electrons. The minimum Gasteiger partial charge on any atom is -0.489 e. The molecule has 3 nitrogen and oxygen atoms in total. The highest BCUT2D eigenvalue weighted by molar-refractivity contribution is 6.32. The largest absolute Gasteiger partial charge is 0.489 e. The van der Waals surface area contributed by atoms with Crippen LogP contribution in [-0.2, 0) is 9.53 Å². The summed E-state index contributed by atoms with van der Waals surface area (Å²) in [6, 6.07) is 7.14. The van der Waals surface area contributed by atoms with Crippen LogP contribution in [0.25, 0.3) is 0 Å². The first kappa shape index (κ1) is 11.9. The van der Waals surface area contributed by atoms with Crippen LogP contribution < -0.4 is 4.74 Å². The second-order valence-electron chi connectivity index (χ2n) is 3.14. The number of halogens is 1. The average Bonchev–Trinajstić information content (AvgIpc) is 2.21. The monoisotopic (exact) mass is 228 g/mol. The molecule has 0 saturated carbocycles. The summed E-state index contributed by atoms with van der Waals surface area (Å²) in [6.07, 6.45) is -0.0424. The van der Waals surface area contributed by atoms with E-state index in [0.717, 1.165) is 0 Å². The normalized spacial score (nSPS) is 11.9. The van der Waals surface area contributed by atoms with E-state index in [1.165, 1.54) is 7.11 Å². The van der Waals surface area contributed by atoms with Crippen LogP contribution in [0.2, 0.25) is 5.02 Å². The van der Waals surface area contributed by atoms with Crippen molar-refractivity contribution in [1.82, 2.24) is 0 Å². The Morgan fingerprint density at radius 3 is 2.73 bits per heavy atom. The van der Waals surface area contributed by atoms with Gasteiger partial charge in [-0.25, -0.2) is 0 Å². The van der Waals surface area contributed by atoms with E-state index in [1.54, 1.807) is 19.1 Å². The van der Waals surface area contributed by atoms with Gasteiger partial charge in [-0.3, -0.25) is 4.79 Å². The van der Waals surface area contributed by atoms with Crippen molar-refractivity contribution in [3.8, 4) is 5.75 Å². The van der Waals surface area contributed by atoms with Crippen molar-refractivity contribution in [2.75, 3.05) is 7.11 Å². The number of carbonyl (C=O) groups is 1. The molecule has 0 amide bonds. The van der Waals surface area contributed by atoms with Gasteiger partial charge in [0, 0.05) is 0 Å². The van der Waals surface area contributed by atoms with Crippen LogP contribution in [0.3, 0.4) is 0 Å². The predicted octanol–water partition coefficient (Wildman–Crippen LogP) is 2.67. The molecule has 1 aromatic rings. The van der Waals surface area contributed by atoms with Gasteiger partial charge >= 0.3 is 5.97 Å². The van der Waals surface area contributed by atoms with E-state index in [9.17, 15) is 4.79 Å². The lowest BCUT2D eigenvalue weighted by Gasteiger charge is -2.14. The van der Waals surface area contributed by atoms with E-state index in [0.29, 0.717) is 10.8 Å². The minimum atomic E-state index is -0.297. The van der Waals surface area contributed by atoms with E-state index in [-0.39, 0.29) is 18.5 Å². The molecule has 4 heteroatoms. The number of hydrogen-bond acceptors (Lipinski definition) is 3. The highest BCUT2D eigenvalue weighted by atomic mass is 35.5. The number of methoxy groups -OCH3 is 1. The first-order valence-electron chi connectivity index (χ1n) is 4.61. The summed E-state index contributed by atoms with van der Waals surface area (Å²) in [5, 5.41) is 0.536. The molecule has 1 unspecified atom stereocenters. The minimum absolute atomic E-state index is 0.210. The first-order valence-corrected chi connectivity index (χ1v) is 4.99. The van der Waals surface area contributed by atoms with Gasteiger partial charge in [-0.15, -0.1) is 0 Å². The third-order valence-electron chi connectivity index (χ3n) is 1.85. The van der Waals surface area contributed by atoms with Crippen LogP contribution in [0, 0.1) is 0 Å². The molecule has 0 N–H and O–H groups in total. The smallest absolute Gasteiger partial charge is 0.309 e. The second kappa shape index (κ2) is 5.61. The number of para-hydroxylation sites is 1. The van der Waals surface area contributed by atoms with Crippen molar-refractivity contribution in [1.29, 1.82) is 0 Å². The van der Waals surface area contributed by atoms with Crippen molar-refractivity contribution in [2.45, 2.75) is 19.4 Å². The number of rotatable bonds is 4. The summed E-state index contributed by atoms with van der Waals surface area (Å²) >= 11 is 5.90. The Kier molecular flexibility index (Phi) is 4.43.